The molecule has 3 N–H and O–H groups in total. The Morgan fingerprint density at radius 2 is 1.59 bits per heavy atom. The van der Waals surface area contributed by atoms with Crippen LogP contribution in [0, 0.1) is 0 Å². The second-order valence-corrected chi connectivity index (χ2v) is 9.52. The van der Waals surface area contributed by atoms with E-state index < -0.39 is 15.9 Å². The van der Waals surface area contributed by atoms with Crippen molar-refractivity contribution < 1.29 is 22.7 Å². The lowest BCUT2D eigenvalue weighted by atomic mass is 10.1. The van der Waals surface area contributed by atoms with E-state index in [1.165, 1.54) is 36.4 Å². The third-order valence-electron chi connectivity index (χ3n) is 5.39. The fourth-order valence-electron chi connectivity index (χ4n) is 3.60. The number of hydrogen-bond acceptors (Lipinski definition) is 5. The van der Waals surface area contributed by atoms with E-state index in [0.717, 1.165) is 12.8 Å². The van der Waals surface area contributed by atoms with E-state index >= 15 is 0 Å². The van der Waals surface area contributed by atoms with Crippen LogP contribution in [0.25, 0.3) is 0 Å². The molecule has 34 heavy (non-hydrogen) atoms. The van der Waals surface area contributed by atoms with Gasteiger partial charge in [-0.2, -0.15) is 0 Å². The summed E-state index contributed by atoms with van der Waals surface area (Å²) in [6.07, 6.45) is 1.92. The van der Waals surface area contributed by atoms with Crippen molar-refractivity contribution in [3.05, 3.63) is 90.0 Å². The number of ether oxygens (including phenoxy) is 1. The number of sulfonamides is 1. The number of hydrogen-bond donors (Lipinski definition) is 3. The van der Waals surface area contributed by atoms with Gasteiger partial charge in [-0.1, -0.05) is 30.3 Å². The first kappa shape index (κ1) is 23.5. The molecule has 0 aliphatic carbocycles. The first-order chi connectivity index (χ1) is 16.4. The molecule has 1 heterocycles. The van der Waals surface area contributed by atoms with Crippen LogP contribution in [0.5, 0.6) is 0 Å². The van der Waals surface area contributed by atoms with E-state index in [1.807, 2.05) is 0 Å². The normalized spacial score (nSPS) is 15.5. The molecule has 0 spiro atoms. The molecule has 1 aliphatic rings. The molecule has 0 bridgehead atoms. The van der Waals surface area contributed by atoms with E-state index in [1.54, 1.807) is 42.5 Å². The van der Waals surface area contributed by atoms with E-state index in [0.29, 0.717) is 35.7 Å². The van der Waals surface area contributed by atoms with Crippen LogP contribution < -0.4 is 15.4 Å². The van der Waals surface area contributed by atoms with Gasteiger partial charge in [0.1, 0.15) is 0 Å². The molecule has 1 aliphatic heterocycles. The summed E-state index contributed by atoms with van der Waals surface area (Å²) >= 11 is 0. The molecular weight excluding hydrogens is 454 g/mol. The van der Waals surface area contributed by atoms with Gasteiger partial charge in [0, 0.05) is 24.4 Å². The van der Waals surface area contributed by atoms with Crippen LogP contribution in [0.2, 0.25) is 0 Å². The number of rotatable bonds is 8. The molecule has 8 nitrogen and oxygen atoms in total. The summed E-state index contributed by atoms with van der Waals surface area (Å²) in [6.45, 7) is 1.13. The highest BCUT2D eigenvalue weighted by Crippen LogP contribution is 2.19. The molecule has 3 aromatic rings. The summed E-state index contributed by atoms with van der Waals surface area (Å²) < 4.78 is 32.9. The Morgan fingerprint density at radius 3 is 2.29 bits per heavy atom. The summed E-state index contributed by atoms with van der Waals surface area (Å²) in [5.74, 6) is -0.714. The van der Waals surface area contributed by atoms with Gasteiger partial charge in [-0.25, -0.2) is 8.42 Å². The average Bonchev–Trinajstić information content (AvgIpc) is 3.37. The maximum atomic E-state index is 12.8. The van der Waals surface area contributed by atoms with Crippen LogP contribution in [0.1, 0.15) is 33.6 Å². The van der Waals surface area contributed by atoms with Crippen LogP contribution in [-0.4, -0.2) is 39.5 Å². The Labute approximate surface area is 198 Å². The smallest absolute Gasteiger partial charge is 0.261 e. The quantitative estimate of drug-likeness (QED) is 0.456. The zero-order valence-electron chi connectivity index (χ0n) is 18.4. The fraction of sp³-hybridized carbons (Fsp3) is 0.200. The molecule has 0 saturated carbocycles. The molecule has 3 aromatic carbocycles. The van der Waals surface area contributed by atoms with Gasteiger partial charge >= 0.3 is 0 Å². The zero-order chi connectivity index (χ0) is 24.0. The average molecular weight is 480 g/mol. The molecule has 1 saturated heterocycles. The minimum atomic E-state index is -3.73. The van der Waals surface area contributed by atoms with Gasteiger partial charge in [0.25, 0.3) is 21.8 Å². The third-order valence-corrected chi connectivity index (χ3v) is 6.78. The highest BCUT2D eigenvalue weighted by molar-refractivity contribution is 7.92. The molecule has 4 rings (SSSR count). The first-order valence-electron chi connectivity index (χ1n) is 10.9. The van der Waals surface area contributed by atoms with Crippen molar-refractivity contribution in [3.63, 3.8) is 0 Å². The van der Waals surface area contributed by atoms with E-state index in [2.05, 4.69) is 15.4 Å². The van der Waals surface area contributed by atoms with Crippen molar-refractivity contribution in [3.8, 4) is 0 Å². The van der Waals surface area contributed by atoms with Crippen molar-refractivity contribution >= 4 is 33.2 Å². The second kappa shape index (κ2) is 10.5. The van der Waals surface area contributed by atoms with Gasteiger partial charge in [-0.05, 0) is 61.4 Å². The lowest BCUT2D eigenvalue weighted by Crippen LogP contribution is -2.32. The SMILES string of the molecule is O=C(Nc1ccccc1C(=O)NCC1CCCO1)c1ccc(NS(=O)(=O)c2ccccc2)cc1. The number of carbonyl (C=O) groups excluding carboxylic acids is 2. The number of benzene rings is 3. The Hall–Kier alpha value is -3.69. The van der Waals surface area contributed by atoms with Crippen LogP contribution >= 0.6 is 0 Å². The fourth-order valence-corrected chi connectivity index (χ4v) is 4.67. The summed E-state index contributed by atoms with van der Waals surface area (Å²) in [6, 6.07) is 20.8. The number of nitrogens with one attached hydrogen (secondary N) is 3. The molecular formula is C25H25N3O5S. The maximum absolute atomic E-state index is 12.8. The molecule has 0 radical (unpaired) electrons. The summed E-state index contributed by atoms with van der Waals surface area (Å²) in [7, 11) is -3.73. The molecule has 0 aromatic heterocycles. The van der Waals surface area contributed by atoms with Crippen molar-refractivity contribution in [1.82, 2.24) is 5.32 Å². The minimum Gasteiger partial charge on any atom is -0.376 e. The first-order valence-corrected chi connectivity index (χ1v) is 12.4. The van der Waals surface area contributed by atoms with Gasteiger partial charge in [-0.15, -0.1) is 0 Å². The largest absolute Gasteiger partial charge is 0.376 e. The van der Waals surface area contributed by atoms with Gasteiger partial charge < -0.3 is 15.4 Å². The van der Waals surface area contributed by atoms with Crippen LogP contribution in [-0.2, 0) is 14.8 Å². The molecule has 9 heteroatoms. The van der Waals surface area contributed by atoms with E-state index in [-0.39, 0.29) is 16.9 Å². The zero-order valence-corrected chi connectivity index (χ0v) is 19.2. The monoisotopic (exact) mass is 479 g/mol. The minimum absolute atomic E-state index is 0.0172. The standard InChI is InChI=1S/C25H25N3O5S/c29-24(18-12-14-19(15-13-18)28-34(31,32)21-8-2-1-3-9-21)27-23-11-5-4-10-22(23)25(30)26-17-20-7-6-16-33-20/h1-5,8-15,20,28H,6-7,16-17H2,(H,26,30)(H,27,29). The third kappa shape index (κ3) is 5.81. The topological polar surface area (TPSA) is 114 Å². The van der Waals surface area contributed by atoms with Gasteiger partial charge in [0.2, 0.25) is 0 Å². The number of amides is 2. The highest BCUT2D eigenvalue weighted by atomic mass is 32.2. The van der Waals surface area contributed by atoms with Crippen molar-refractivity contribution in [2.45, 2.75) is 23.8 Å². The molecule has 2 amide bonds. The molecule has 1 fully saturated rings. The van der Waals surface area contributed by atoms with Gasteiger partial charge in [0.05, 0.1) is 22.3 Å². The van der Waals surface area contributed by atoms with Crippen LogP contribution in [0.15, 0.2) is 83.8 Å². The summed E-state index contributed by atoms with van der Waals surface area (Å²) in [4.78, 5) is 25.6. The predicted molar refractivity (Wildman–Crippen MR) is 129 cm³/mol. The van der Waals surface area contributed by atoms with Crippen LogP contribution in [0.3, 0.4) is 0 Å². The molecule has 1 unspecified atom stereocenters. The Balaban J connectivity index is 1.41. The number of anilines is 2. The van der Waals surface area contributed by atoms with Crippen molar-refractivity contribution in [2.24, 2.45) is 0 Å². The molecule has 176 valence electrons. The van der Waals surface area contributed by atoms with E-state index in [9.17, 15) is 18.0 Å². The van der Waals surface area contributed by atoms with E-state index in [4.69, 9.17) is 4.74 Å². The Morgan fingerprint density at radius 1 is 0.882 bits per heavy atom. The second-order valence-electron chi connectivity index (χ2n) is 7.84. The Bertz CT molecular complexity index is 1260. The van der Waals surface area contributed by atoms with Gasteiger partial charge in [0.15, 0.2) is 0 Å². The van der Waals surface area contributed by atoms with Crippen molar-refractivity contribution in [1.29, 1.82) is 0 Å². The lowest BCUT2D eigenvalue weighted by molar-refractivity contribution is 0.0858. The summed E-state index contributed by atoms with van der Waals surface area (Å²) in [5, 5.41) is 5.62. The number of para-hydroxylation sites is 1. The number of carbonyl (C=O) groups is 2. The maximum Gasteiger partial charge on any atom is 0.261 e. The Kier molecular flexibility index (Phi) is 7.24. The highest BCUT2D eigenvalue weighted by Gasteiger charge is 2.19. The molecule has 1 atom stereocenters. The van der Waals surface area contributed by atoms with Crippen molar-refractivity contribution in [2.75, 3.05) is 23.2 Å². The van der Waals surface area contributed by atoms with Crippen LogP contribution in [0.4, 0.5) is 11.4 Å². The van der Waals surface area contributed by atoms with Gasteiger partial charge in [-0.3, -0.25) is 14.3 Å². The predicted octanol–water partition coefficient (Wildman–Crippen LogP) is 3.65. The lowest BCUT2D eigenvalue weighted by Gasteiger charge is -2.14. The summed E-state index contributed by atoms with van der Waals surface area (Å²) in [5.41, 5.74) is 1.37.